The van der Waals surface area contributed by atoms with E-state index >= 15 is 0 Å². The molecule has 3 aromatic rings. The first-order valence-corrected chi connectivity index (χ1v) is 8.78. The van der Waals surface area contributed by atoms with Crippen LogP contribution in [0.25, 0.3) is 11.3 Å². The number of carbonyl (C=O) groups is 1. The number of hydrogen-bond donors (Lipinski definition) is 1. The van der Waals surface area contributed by atoms with Gasteiger partial charge in [0.05, 0.1) is 17.3 Å². The molecule has 0 bridgehead atoms. The molecule has 0 saturated heterocycles. The molecule has 30 heavy (non-hydrogen) atoms. The van der Waals surface area contributed by atoms with E-state index in [9.17, 15) is 13.2 Å². The Morgan fingerprint density at radius 3 is 2.40 bits per heavy atom. The summed E-state index contributed by atoms with van der Waals surface area (Å²) >= 11 is 0. The minimum absolute atomic E-state index is 0.0275. The van der Waals surface area contributed by atoms with Gasteiger partial charge in [0.1, 0.15) is 24.1 Å². The van der Waals surface area contributed by atoms with Crippen molar-refractivity contribution in [1.82, 2.24) is 4.98 Å². The molecule has 0 radical (unpaired) electrons. The average molecular weight is 414 g/mol. The first-order valence-electron chi connectivity index (χ1n) is 8.78. The molecule has 0 amide bonds. The summed E-state index contributed by atoms with van der Waals surface area (Å²) in [6.45, 7) is 1.38. The lowest BCUT2D eigenvalue weighted by Crippen LogP contribution is -2.01. The number of aryl methyl sites for hydroxylation is 1. The molecule has 154 valence electrons. The predicted molar refractivity (Wildman–Crippen MR) is 103 cm³/mol. The molecule has 1 aromatic heterocycles. The second kappa shape index (κ2) is 10.6. The van der Waals surface area contributed by atoms with Crippen molar-refractivity contribution in [2.24, 2.45) is 0 Å². The van der Waals surface area contributed by atoms with Gasteiger partial charge >= 0.3 is 0 Å². The molecule has 0 aliphatic rings. The standard InChI is InChI=1S/C21H15F3N2O.CH2O2/c1-2-14-9-19(24)16(10-18(14)23)20-4-3-5-21(26-20)27-12-15-7-6-13(11-25)8-17(15)22;2-1-3/h3-10H,2,12H2,1H3;1H,(H,2,3). The maximum absolute atomic E-state index is 14.3. The fourth-order valence-corrected chi connectivity index (χ4v) is 2.59. The van der Waals surface area contributed by atoms with Crippen LogP contribution >= 0.6 is 0 Å². The van der Waals surface area contributed by atoms with Crippen LogP contribution in [0, 0.1) is 28.8 Å². The van der Waals surface area contributed by atoms with E-state index in [1.54, 1.807) is 25.1 Å². The number of aromatic nitrogens is 1. The van der Waals surface area contributed by atoms with Gasteiger partial charge in [-0.2, -0.15) is 5.26 Å². The zero-order valence-electron chi connectivity index (χ0n) is 15.9. The van der Waals surface area contributed by atoms with Gasteiger partial charge in [0.2, 0.25) is 5.88 Å². The third-order valence-corrected chi connectivity index (χ3v) is 4.07. The van der Waals surface area contributed by atoms with Gasteiger partial charge in [-0.15, -0.1) is 0 Å². The van der Waals surface area contributed by atoms with Crippen LogP contribution in [0.3, 0.4) is 0 Å². The fourth-order valence-electron chi connectivity index (χ4n) is 2.59. The Labute approximate surface area is 171 Å². The number of nitriles is 1. The zero-order valence-corrected chi connectivity index (χ0v) is 15.9. The lowest BCUT2D eigenvalue weighted by molar-refractivity contribution is -0.122. The lowest BCUT2D eigenvalue weighted by Gasteiger charge is -2.10. The largest absolute Gasteiger partial charge is 0.483 e. The Morgan fingerprint density at radius 1 is 1.07 bits per heavy atom. The summed E-state index contributed by atoms with van der Waals surface area (Å²) in [5.74, 6) is -1.48. The molecule has 1 N–H and O–H groups in total. The van der Waals surface area contributed by atoms with Crippen molar-refractivity contribution in [3.05, 3.63) is 82.7 Å². The summed E-state index contributed by atoms with van der Waals surface area (Å²) in [4.78, 5) is 12.5. The molecule has 2 aromatic carbocycles. The summed E-state index contributed by atoms with van der Waals surface area (Å²) in [6.07, 6.45) is 0.385. The van der Waals surface area contributed by atoms with Gasteiger partial charge in [-0.25, -0.2) is 18.2 Å². The Hall–Kier alpha value is -3.86. The van der Waals surface area contributed by atoms with E-state index < -0.39 is 17.5 Å². The van der Waals surface area contributed by atoms with Crippen molar-refractivity contribution in [1.29, 1.82) is 5.26 Å². The summed E-state index contributed by atoms with van der Waals surface area (Å²) in [5.41, 5.74) is 1.00. The number of carboxylic acid groups (broad SMARTS) is 1. The third-order valence-electron chi connectivity index (χ3n) is 4.07. The highest BCUT2D eigenvalue weighted by molar-refractivity contribution is 5.61. The maximum Gasteiger partial charge on any atom is 0.290 e. The summed E-state index contributed by atoms with van der Waals surface area (Å²) < 4.78 is 47.7. The Kier molecular flexibility index (Phi) is 7.94. The van der Waals surface area contributed by atoms with Gasteiger partial charge in [-0.05, 0) is 42.3 Å². The minimum atomic E-state index is -0.573. The molecule has 0 unspecified atom stereocenters. The van der Waals surface area contributed by atoms with Crippen LogP contribution < -0.4 is 4.74 Å². The van der Waals surface area contributed by atoms with Gasteiger partial charge < -0.3 is 9.84 Å². The van der Waals surface area contributed by atoms with Crippen LogP contribution in [0.4, 0.5) is 13.2 Å². The van der Waals surface area contributed by atoms with Crippen LogP contribution in [0.1, 0.15) is 23.6 Å². The minimum Gasteiger partial charge on any atom is -0.483 e. The monoisotopic (exact) mass is 414 g/mol. The SMILES string of the molecule is CCc1cc(F)c(-c2cccc(OCc3ccc(C#N)cc3F)n2)cc1F.O=CO. The highest BCUT2D eigenvalue weighted by Crippen LogP contribution is 2.26. The van der Waals surface area contributed by atoms with Crippen LogP contribution in [0.2, 0.25) is 0 Å². The fraction of sp³-hybridized carbons (Fsp3) is 0.136. The lowest BCUT2D eigenvalue weighted by atomic mass is 10.1. The second-order valence-electron chi connectivity index (χ2n) is 5.95. The Balaban J connectivity index is 0.00000101. The maximum atomic E-state index is 14.3. The molecule has 0 fully saturated rings. The average Bonchev–Trinajstić information content (AvgIpc) is 2.74. The molecule has 1 heterocycles. The van der Waals surface area contributed by atoms with Crippen LogP contribution in [-0.4, -0.2) is 16.6 Å². The van der Waals surface area contributed by atoms with Crippen molar-refractivity contribution in [3.8, 4) is 23.2 Å². The summed E-state index contributed by atoms with van der Waals surface area (Å²) in [6, 6.07) is 12.9. The number of rotatable bonds is 5. The number of ether oxygens (including phenoxy) is 1. The van der Waals surface area contributed by atoms with Gasteiger partial charge in [0.25, 0.3) is 6.47 Å². The van der Waals surface area contributed by atoms with Gasteiger partial charge in [0.15, 0.2) is 0 Å². The van der Waals surface area contributed by atoms with Crippen molar-refractivity contribution >= 4 is 6.47 Å². The number of hydrogen-bond acceptors (Lipinski definition) is 4. The normalized spacial score (nSPS) is 9.83. The zero-order chi connectivity index (χ0) is 22.1. The predicted octanol–water partition coefficient (Wildman–Crippen LogP) is 4.88. The number of halogens is 3. The molecular formula is C22H17F3N2O3. The molecular weight excluding hydrogens is 397 g/mol. The van der Waals surface area contributed by atoms with Gasteiger partial charge in [-0.1, -0.05) is 19.1 Å². The Morgan fingerprint density at radius 2 is 1.77 bits per heavy atom. The topological polar surface area (TPSA) is 83.2 Å². The van der Waals surface area contributed by atoms with Crippen molar-refractivity contribution in [2.75, 3.05) is 0 Å². The molecule has 0 atom stereocenters. The summed E-state index contributed by atoms with van der Waals surface area (Å²) in [7, 11) is 0. The van der Waals surface area contributed by atoms with E-state index in [4.69, 9.17) is 19.9 Å². The number of nitrogens with zero attached hydrogens (tertiary/aromatic N) is 2. The first kappa shape index (κ1) is 22.4. The van der Waals surface area contributed by atoms with E-state index in [0.29, 0.717) is 12.0 Å². The molecule has 3 rings (SSSR count). The van der Waals surface area contributed by atoms with Crippen molar-refractivity contribution in [2.45, 2.75) is 20.0 Å². The van der Waals surface area contributed by atoms with E-state index in [1.807, 2.05) is 6.07 Å². The van der Waals surface area contributed by atoms with Crippen LogP contribution in [-0.2, 0) is 17.8 Å². The second-order valence-corrected chi connectivity index (χ2v) is 5.95. The highest BCUT2D eigenvalue weighted by atomic mass is 19.1. The van der Waals surface area contributed by atoms with Crippen LogP contribution in [0.5, 0.6) is 5.88 Å². The van der Waals surface area contributed by atoms with E-state index in [2.05, 4.69) is 4.98 Å². The number of pyridine rings is 1. The molecule has 0 aliphatic heterocycles. The van der Waals surface area contributed by atoms with Gasteiger partial charge in [0, 0.05) is 17.2 Å². The first-order chi connectivity index (χ1) is 14.4. The Bertz CT molecular complexity index is 1080. The molecule has 5 nitrogen and oxygen atoms in total. The highest BCUT2D eigenvalue weighted by Gasteiger charge is 2.13. The van der Waals surface area contributed by atoms with Crippen molar-refractivity contribution < 1.29 is 27.8 Å². The number of benzene rings is 2. The third kappa shape index (κ3) is 5.58. The molecule has 0 saturated carbocycles. The molecule has 8 heteroatoms. The van der Waals surface area contributed by atoms with E-state index in [0.717, 1.165) is 18.2 Å². The smallest absolute Gasteiger partial charge is 0.290 e. The van der Waals surface area contributed by atoms with Gasteiger partial charge in [-0.3, -0.25) is 4.79 Å². The molecule has 0 spiro atoms. The van der Waals surface area contributed by atoms with E-state index in [-0.39, 0.29) is 41.3 Å². The van der Waals surface area contributed by atoms with Crippen LogP contribution in [0.15, 0.2) is 48.5 Å². The quantitative estimate of drug-likeness (QED) is 0.602. The molecule has 0 aliphatic carbocycles. The summed E-state index contributed by atoms with van der Waals surface area (Å²) in [5, 5.41) is 15.6. The van der Waals surface area contributed by atoms with E-state index in [1.165, 1.54) is 12.1 Å². The van der Waals surface area contributed by atoms with Crippen molar-refractivity contribution in [3.63, 3.8) is 0 Å².